The highest BCUT2D eigenvalue weighted by Gasteiger charge is 2.17. The maximum Gasteiger partial charge on any atom is 0.291 e. The van der Waals surface area contributed by atoms with Crippen molar-refractivity contribution in [3.63, 3.8) is 0 Å². The fourth-order valence-corrected chi connectivity index (χ4v) is 2.62. The quantitative estimate of drug-likeness (QED) is 0.597. The SMILES string of the molecule is Cc1cc(C)n2nc(C(=O)NCc3nccnc3-c3ccco3)nc2n1. The van der Waals surface area contributed by atoms with Gasteiger partial charge in [-0.15, -0.1) is 5.10 Å². The molecule has 4 rings (SSSR count). The Kier molecular flexibility index (Phi) is 3.88. The van der Waals surface area contributed by atoms with Gasteiger partial charge in [0, 0.05) is 23.8 Å². The Labute approximate surface area is 148 Å². The third-order valence-corrected chi connectivity index (χ3v) is 3.77. The molecule has 0 spiro atoms. The average molecular weight is 349 g/mol. The molecule has 0 saturated carbocycles. The number of aryl methyl sites for hydroxylation is 2. The number of hydrogen-bond donors (Lipinski definition) is 1. The van der Waals surface area contributed by atoms with Crippen LogP contribution < -0.4 is 5.32 Å². The van der Waals surface area contributed by atoms with Gasteiger partial charge in [0.05, 0.1) is 18.5 Å². The monoisotopic (exact) mass is 349 g/mol. The highest BCUT2D eigenvalue weighted by atomic mass is 16.3. The molecule has 9 nitrogen and oxygen atoms in total. The Hall–Kier alpha value is -3.62. The number of aromatic nitrogens is 6. The van der Waals surface area contributed by atoms with Gasteiger partial charge in [0.2, 0.25) is 5.82 Å². The van der Waals surface area contributed by atoms with E-state index in [9.17, 15) is 4.79 Å². The molecule has 4 aromatic rings. The highest BCUT2D eigenvalue weighted by Crippen LogP contribution is 2.19. The summed E-state index contributed by atoms with van der Waals surface area (Å²) in [6, 6.07) is 5.43. The second-order valence-corrected chi connectivity index (χ2v) is 5.70. The summed E-state index contributed by atoms with van der Waals surface area (Å²) in [6.45, 7) is 3.92. The Bertz CT molecular complexity index is 1090. The van der Waals surface area contributed by atoms with E-state index in [4.69, 9.17) is 4.42 Å². The van der Waals surface area contributed by atoms with Crippen molar-refractivity contribution in [3.05, 3.63) is 59.8 Å². The largest absolute Gasteiger partial charge is 0.463 e. The van der Waals surface area contributed by atoms with Gasteiger partial charge in [-0.1, -0.05) is 0 Å². The first-order valence-electron chi connectivity index (χ1n) is 7.95. The fourth-order valence-electron chi connectivity index (χ4n) is 2.62. The van der Waals surface area contributed by atoms with Crippen molar-refractivity contribution in [2.75, 3.05) is 0 Å². The molecule has 0 atom stereocenters. The first-order chi connectivity index (χ1) is 12.6. The first-order valence-corrected chi connectivity index (χ1v) is 7.95. The number of carbonyl (C=O) groups excluding carboxylic acids is 1. The van der Waals surface area contributed by atoms with Gasteiger partial charge in [0.15, 0.2) is 5.76 Å². The minimum absolute atomic E-state index is 0.0506. The van der Waals surface area contributed by atoms with E-state index in [1.807, 2.05) is 19.9 Å². The molecule has 0 radical (unpaired) electrons. The summed E-state index contributed by atoms with van der Waals surface area (Å²) >= 11 is 0. The van der Waals surface area contributed by atoms with Crippen LogP contribution in [0.3, 0.4) is 0 Å². The van der Waals surface area contributed by atoms with Crippen molar-refractivity contribution < 1.29 is 9.21 Å². The number of carbonyl (C=O) groups is 1. The third-order valence-electron chi connectivity index (χ3n) is 3.77. The van der Waals surface area contributed by atoms with Crippen molar-refractivity contribution in [1.82, 2.24) is 34.9 Å². The molecule has 9 heteroatoms. The standard InChI is InChI=1S/C17H15N7O2/c1-10-8-11(2)24-17(21-10)22-15(23-24)16(25)20-9-12-14(19-6-5-18-12)13-4-3-7-26-13/h3-8H,9H2,1-2H3,(H,20,25). The van der Waals surface area contributed by atoms with Gasteiger partial charge < -0.3 is 9.73 Å². The van der Waals surface area contributed by atoms with Crippen LogP contribution >= 0.6 is 0 Å². The van der Waals surface area contributed by atoms with Crippen LogP contribution in [-0.2, 0) is 6.54 Å². The summed E-state index contributed by atoms with van der Waals surface area (Å²) in [4.78, 5) is 29.5. The number of amides is 1. The van der Waals surface area contributed by atoms with E-state index < -0.39 is 5.91 Å². The maximum absolute atomic E-state index is 12.4. The van der Waals surface area contributed by atoms with Crippen LogP contribution in [0.1, 0.15) is 27.7 Å². The van der Waals surface area contributed by atoms with E-state index in [-0.39, 0.29) is 12.4 Å². The lowest BCUT2D eigenvalue weighted by Gasteiger charge is -2.05. The predicted molar refractivity (Wildman–Crippen MR) is 91.2 cm³/mol. The third kappa shape index (κ3) is 2.90. The normalized spacial score (nSPS) is 11.0. The van der Waals surface area contributed by atoms with E-state index in [2.05, 4.69) is 30.4 Å². The summed E-state index contributed by atoms with van der Waals surface area (Å²) < 4.78 is 6.90. The van der Waals surface area contributed by atoms with Crippen molar-refractivity contribution in [3.8, 4) is 11.5 Å². The molecule has 1 amide bonds. The lowest BCUT2D eigenvalue weighted by Crippen LogP contribution is -2.25. The molecule has 0 bridgehead atoms. The van der Waals surface area contributed by atoms with Crippen LogP contribution in [0.25, 0.3) is 17.2 Å². The van der Waals surface area contributed by atoms with Crippen LogP contribution in [0.5, 0.6) is 0 Å². The second-order valence-electron chi connectivity index (χ2n) is 5.70. The van der Waals surface area contributed by atoms with Gasteiger partial charge >= 0.3 is 0 Å². The molecule has 0 aromatic carbocycles. The van der Waals surface area contributed by atoms with E-state index in [1.165, 1.54) is 0 Å². The summed E-state index contributed by atoms with van der Waals surface area (Å²) in [6.07, 6.45) is 4.70. The highest BCUT2D eigenvalue weighted by molar-refractivity contribution is 5.90. The van der Waals surface area contributed by atoms with Gasteiger partial charge in [-0.3, -0.25) is 9.78 Å². The molecular weight excluding hydrogens is 334 g/mol. The van der Waals surface area contributed by atoms with Gasteiger partial charge in [-0.25, -0.2) is 14.5 Å². The van der Waals surface area contributed by atoms with Gasteiger partial charge in [-0.05, 0) is 32.0 Å². The molecule has 4 aromatic heterocycles. The van der Waals surface area contributed by atoms with Crippen LogP contribution in [0.15, 0.2) is 41.3 Å². The van der Waals surface area contributed by atoms with E-state index in [0.29, 0.717) is 22.9 Å². The molecule has 0 aliphatic rings. The molecule has 0 fully saturated rings. The maximum atomic E-state index is 12.4. The van der Waals surface area contributed by atoms with Crippen molar-refractivity contribution in [2.45, 2.75) is 20.4 Å². The zero-order chi connectivity index (χ0) is 18.1. The van der Waals surface area contributed by atoms with Gasteiger partial charge in [0.1, 0.15) is 5.69 Å². The fraction of sp³-hybridized carbons (Fsp3) is 0.176. The lowest BCUT2D eigenvalue weighted by molar-refractivity contribution is 0.0940. The molecule has 1 N–H and O–H groups in total. The zero-order valence-corrected chi connectivity index (χ0v) is 14.2. The zero-order valence-electron chi connectivity index (χ0n) is 14.2. The molecule has 0 aliphatic heterocycles. The number of nitrogens with one attached hydrogen (secondary N) is 1. The van der Waals surface area contributed by atoms with Crippen LogP contribution in [0.2, 0.25) is 0 Å². The summed E-state index contributed by atoms with van der Waals surface area (Å²) in [5.74, 6) is 0.616. The molecule has 0 aliphatic carbocycles. The smallest absolute Gasteiger partial charge is 0.291 e. The van der Waals surface area contributed by atoms with Crippen LogP contribution in [0.4, 0.5) is 0 Å². The van der Waals surface area contributed by atoms with Crippen molar-refractivity contribution >= 4 is 11.7 Å². The first kappa shape index (κ1) is 15.9. The number of fused-ring (bicyclic) bond motifs is 1. The van der Waals surface area contributed by atoms with E-state index in [1.54, 1.807) is 35.3 Å². The Balaban J connectivity index is 1.56. The minimum atomic E-state index is -0.413. The number of hydrogen-bond acceptors (Lipinski definition) is 7. The number of nitrogens with zero attached hydrogens (tertiary/aromatic N) is 6. The number of furan rings is 1. The summed E-state index contributed by atoms with van der Waals surface area (Å²) in [5.41, 5.74) is 2.84. The van der Waals surface area contributed by atoms with E-state index >= 15 is 0 Å². The van der Waals surface area contributed by atoms with Crippen LogP contribution in [-0.4, -0.2) is 35.5 Å². The summed E-state index contributed by atoms with van der Waals surface area (Å²) in [7, 11) is 0. The van der Waals surface area contributed by atoms with Crippen molar-refractivity contribution in [2.24, 2.45) is 0 Å². The predicted octanol–water partition coefficient (Wildman–Crippen LogP) is 1.72. The molecule has 130 valence electrons. The summed E-state index contributed by atoms with van der Waals surface area (Å²) in [5, 5.41) is 6.98. The van der Waals surface area contributed by atoms with Crippen LogP contribution in [0, 0.1) is 13.8 Å². The molecule has 26 heavy (non-hydrogen) atoms. The average Bonchev–Trinajstić information content (AvgIpc) is 3.29. The molecule has 0 unspecified atom stereocenters. The van der Waals surface area contributed by atoms with Crippen molar-refractivity contribution in [1.29, 1.82) is 0 Å². The number of rotatable bonds is 4. The second kappa shape index (κ2) is 6.36. The molecular formula is C17H15N7O2. The van der Waals surface area contributed by atoms with E-state index in [0.717, 1.165) is 11.4 Å². The molecule has 0 saturated heterocycles. The molecule has 4 heterocycles. The van der Waals surface area contributed by atoms with Gasteiger partial charge in [-0.2, -0.15) is 4.98 Å². The minimum Gasteiger partial charge on any atom is -0.463 e. The Morgan fingerprint density at radius 2 is 2.08 bits per heavy atom. The topological polar surface area (TPSA) is 111 Å². The Morgan fingerprint density at radius 1 is 1.23 bits per heavy atom. The van der Waals surface area contributed by atoms with Gasteiger partial charge in [0.25, 0.3) is 11.7 Å². The lowest BCUT2D eigenvalue weighted by atomic mass is 10.2. The Morgan fingerprint density at radius 3 is 2.88 bits per heavy atom.